The molecule has 18 heavy (non-hydrogen) atoms. The van der Waals surface area contributed by atoms with Crippen LogP contribution in [-0.4, -0.2) is 35.5 Å². The van der Waals surface area contributed by atoms with Crippen molar-refractivity contribution in [2.45, 2.75) is 64.9 Å². The number of rotatable bonds is 7. The largest absolute Gasteiger partial charge is 0.396 e. The predicted octanol–water partition coefficient (Wildman–Crippen LogP) is 2.32. The molecule has 1 saturated carbocycles. The van der Waals surface area contributed by atoms with Crippen molar-refractivity contribution in [3.63, 3.8) is 0 Å². The topological polar surface area (TPSA) is 52.5 Å². The first-order valence-corrected chi connectivity index (χ1v) is 7.53. The Kier molecular flexibility index (Phi) is 6.09. The fraction of sp³-hybridized carbons (Fsp3) is 1.00. The molecule has 2 atom stereocenters. The third kappa shape index (κ3) is 4.22. The third-order valence-corrected chi connectivity index (χ3v) is 4.86. The van der Waals surface area contributed by atoms with Crippen LogP contribution < -0.4 is 5.32 Å². The molecule has 108 valence electrons. The second-order valence-corrected chi connectivity index (χ2v) is 6.39. The molecular formula is C15H31NO2. The zero-order valence-corrected chi connectivity index (χ0v) is 12.3. The first kappa shape index (κ1) is 15.9. The summed E-state index contributed by atoms with van der Waals surface area (Å²) in [6.07, 6.45) is 6.14. The van der Waals surface area contributed by atoms with Crippen molar-refractivity contribution in [1.29, 1.82) is 0 Å². The van der Waals surface area contributed by atoms with E-state index in [-0.39, 0.29) is 12.0 Å². The molecule has 1 rings (SSSR count). The summed E-state index contributed by atoms with van der Waals surface area (Å²) in [5.74, 6) is 0.630. The highest BCUT2D eigenvalue weighted by atomic mass is 16.3. The lowest BCUT2D eigenvalue weighted by Crippen LogP contribution is -2.47. The van der Waals surface area contributed by atoms with Gasteiger partial charge in [0.2, 0.25) is 0 Å². The van der Waals surface area contributed by atoms with E-state index >= 15 is 0 Å². The van der Waals surface area contributed by atoms with Gasteiger partial charge in [0.25, 0.3) is 0 Å². The smallest absolute Gasteiger partial charge is 0.0774 e. The van der Waals surface area contributed by atoms with Crippen molar-refractivity contribution < 1.29 is 10.2 Å². The van der Waals surface area contributed by atoms with E-state index in [1.165, 1.54) is 6.42 Å². The predicted molar refractivity (Wildman–Crippen MR) is 75.6 cm³/mol. The molecule has 3 nitrogen and oxygen atoms in total. The Morgan fingerprint density at radius 1 is 1.33 bits per heavy atom. The van der Waals surface area contributed by atoms with Crippen LogP contribution in [-0.2, 0) is 0 Å². The highest BCUT2D eigenvalue weighted by Crippen LogP contribution is 2.32. The number of hydrogen-bond acceptors (Lipinski definition) is 3. The van der Waals surface area contributed by atoms with Crippen LogP contribution in [0.25, 0.3) is 0 Å². The molecule has 3 N–H and O–H groups in total. The maximum atomic E-state index is 10.5. The Bertz CT molecular complexity index is 232. The van der Waals surface area contributed by atoms with Crippen molar-refractivity contribution >= 4 is 0 Å². The van der Waals surface area contributed by atoms with Crippen LogP contribution in [0.15, 0.2) is 0 Å². The highest BCUT2D eigenvalue weighted by molar-refractivity contribution is 4.88. The average Bonchev–Trinajstić information content (AvgIpc) is 2.35. The summed E-state index contributed by atoms with van der Waals surface area (Å²) in [6.45, 7) is 8.16. The first-order chi connectivity index (χ1) is 8.49. The summed E-state index contributed by atoms with van der Waals surface area (Å²) in [5, 5.41) is 23.4. The van der Waals surface area contributed by atoms with E-state index < -0.39 is 5.60 Å². The van der Waals surface area contributed by atoms with E-state index in [4.69, 9.17) is 0 Å². The summed E-state index contributed by atoms with van der Waals surface area (Å²) in [5.41, 5.74) is -0.545. The summed E-state index contributed by atoms with van der Waals surface area (Å²) < 4.78 is 0. The summed E-state index contributed by atoms with van der Waals surface area (Å²) >= 11 is 0. The quantitative estimate of drug-likeness (QED) is 0.656. The molecule has 0 aromatic heterocycles. The maximum absolute atomic E-state index is 10.5. The van der Waals surface area contributed by atoms with E-state index in [1.54, 1.807) is 0 Å². The van der Waals surface area contributed by atoms with E-state index in [0.717, 1.165) is 38.6 Å². The van der Waals surface area contributed by atoms with Crippen LogP contribution in [0.3, 0.4) is 0 Å². The van der Waals surface area contributed by atoms with Gasteiger partial charge in [0.1, 0.15) is 0 Å². The van der Waals surface area contributed by atoms with Crippen molar-refractivity contribution in [3.05, 3.63) is 0 Å². The van der Waals surface area contributed by atoms with E-state index in [9.17, 15) is 10.2 Å². The van der Waals surface area contributed by atoms with Crippen molar-refractivity contribution in [2.75, 3.05) is 19.7 Å². The minimum absolute atomic E-state index is 0.0172. The molecule has 0 amide bonds. The summed E-state index contributed by atoms with van der Waals surface area (Å²) in [6, 6.07) is 0. The maximum Gasteiger partial charge on any atom is 0.0774 e. The average molecular weight is 257 g/mol. The summed E-state index contributed by atoms with van der Waals surface area (Å²) in [7, 11) is 0. The van der Waals surface area contributed by atoms with Crippen LogP contribution in [0.1, 0.15) is 59.3 Å². The summed E-state index contributed by atoms with van der Waals surface area (Å²) in [4.78, 5) is 0. The monoisotopic (exact) mass is 257 g/mol. The number of aliphatic hydroxyl groups is 2. The lowest BCUT2D eigenvalue weighted by molar-refractivity contribution is -0.0152. The molecule has 0 saturated heterocycles. The molecule has 3 heteroatoms. The Balaban J connectivity index is 2.40. The van der Waals surface area contributed by atoms with Crippen LogP contribution in [0.2, 0.25) is 0 Å². The number of nitrogens with one attached hydrogen (secondary N) is 1. The van der Waals surface area contributed by atoms with Gasteiger partial charge < -0.3 is 15.5 Å². The third-order valence-electron chi connectivity index (χ3n) is 4.86. The molecule has 0 spiro atoms. The fourth-order valence-electron chi connectivity index (χ4n) is 3.13. The Morgan fingerprint density at radius 2 is 2.00 bits per heavy atom. The molecule has 0 bridgehead atoms. The standard InChI is InChI=1S/C15H31NO2/c1-4-14(5-2,12-17)10-16-11-15(18)8-6-7-13(3)9-15/h13,16-18H,4-12H2,1-3H3. The molecule has 1 aliphatic rings. The van der Waals surface area contributed by atoms with Gasteiger partial charge in [-0.2, -0.15) is 0 Å². The first-order valence-electron chi connectivity index (χ1n) is 7.53. The molecule has 0 aromatic rings. The van der Waals surface area contributed by atoms with Gasteiger partial charge in [0.05, 0.1) is 5.60 Å². The van der Waals surface area contributed by atoms with Gasteiger partial charge in [-0.25, -0.2) is 0 Å². The molecule has 0 aliphatic heterocycles. The molecule has 0 aromatic carbocycles. The fourth-order valence-corrected chi connectivity index (χ4v) is 3.13. The van der Waals surface area contributed by atoms with E-state index in [1.807, 2.05) is 0 Å². The molecule has 0 heterocycles. The van der Waals surface area contributed by atoms with E-state index in [0.29, 0.717) is 12.5 Å². The van der Waals surface area contributed by atoms with Gasteiger partial charge >= 0.3 is 0 Å². The van der Waals surface area contributed by atoms with Crippen LogP contribution in [0.4, 0.5) is 0 Å². The van der Waals surface area contributed by atoms with Gasteiger partial charge in [0.15, 0.2) is 0 Å². The minimum atomic E-state index is -0.527. The highest BCUT2D eigenvalue weighted by Gasteiger charge is 2.33. The molecular weight excluding hydrogens is 226 g/mol. The van der Waals surface area contributed by atoms with Gasteiger partial charge in [-0.3, -0.25) is 0 Å². The lowest BCUT2D eigenvalue weighted by Gasteiger charge is -2.37. The van der Waals surface area contributed by atoms with Gasteiger partial charge in [-0.15, -0.1) is 0 Å². The second kappa shape index (κ2) is 6.88. The van der Waals surface area contributed by atoms with Crippen molar-refractivity contribution in [2.24, 2.45) is 11.3 Å². The molecule has 0 radical (unpaired) electrons. The second-order valence-electron chi connectivity index (χ2n) is 6.39. The normalized spacial score (nSPS) is 29.5. The lowest BCUT2D eigenvalue weighted by atomic mass is 9.78. The number of hydrogen-bond donors (Lipinski definition) is 3. The van der Waals surface area contributed by atoms with Crippen LogP contribution >= 0.6 is 0 Å². The number of aliphatic hydroxyl groups excluding tert-OH is 1. The SMILES string of the molecule is CCC(CC)(CO)CNCC1(O)CCCC(C)C1. The van der Waals surface area contributed by atoms with Crippen molar-refractivity contribution in [3.8, 4) is 0 Å². The zero-order valence-electron chi connectivity index (χ0n) is 12.3. The van der Waals surface area contributed by atoms with Crippen LogP contribution in [0, 0.1) is 11.3 Å². The zero-order chi connectivity index (χ0) is 13.6. The Labute approximate surface area is 112 Å². The molecule has 1 aliphatic carbocycles. The Hall–Kier alpha value is -0.120. The van der Waals surface area contributed by atoms with Crippen molar-refractivity contribution in [1.82, 2.24) is 5.32 Å². The minimum Gasteiger partial charge on any atom is -0.396 e. The van der Waals surface area contributed by atoms with E-state index in [2.05, 4.69) is 26.1 Å². The molecule has 2 unspecified atom stereocenters. The van der Waals surface area contributed by atoms with Gasteiger partial charge in [-0.1, -0.05) is 33.6 Å². The van der Waals surface area contributed by atoms with Gasteiger partial charge in [-0.05, 0) is 31.6 Å². The van der Waals surface area contributed by atoms with Gasteiger partial charge in [0, 0.05) is 25.1 Å². The Morgan fingerprint density at radius 3 is 2.50 bits per heavy atom. The molecule has 1 fully saturated rings. The van der Waals surface area contributed by atoms with Crippen LogP contribution in [0.5, 0.6) is 0 Å².